The Kier molecular flexibility index (Phi) is 10.3. The molecule has 0 aliphatic carbocycles. The minimum absolute atomic E-state index is 0.0396. The highest BCUT2D eigenvalue weighted by Crippen LogP contribution is 2.20. The van der Waals surface area contributed by atoms with Gasteiger partial charge in [0.2, 0.25) is 10.0 Å². The highest BCUT2D eigenvalue weighted by Gasteiger charge is 2.33. The molecule has 0 unspecified atom stereocenters. The van der Waals surface area contributed by atoms with Crippen molar-refractivity contribution in [3.05, 3.63) is 95.1 Å². The second-order valence-electron chi connectivity index (χ2n) is 9.10. The van der Waals surface area contributed by atoms with Crippen LogP contribution in [0.5, 0.6) is 0 Å². The molecule has 1 atom stereocenters. The van der Waals surface area contributed by atoms with Gasteiger partial charge in [-0.1, -0.05) is 71.2 Å². The second kappa shape index (κ2) is 13.5. The van der Waals surface area contributed by atoms with Crippen LogP contribution < -0.4 is 0 Å². The standard InChI is InChI=1S/C31H31NO6S2/c1-24-14-18-29(19-15-24)39(34,35)23-9-13-28-11-6-5-10-27(28)12-7-8-22-32(26(3)31(33)38-4)40(36,37)30-20-16-25(2)17-21-30/h5-6,10-11,14-21,26H,8,22-23H2,1-4H3/t26-/m0/s1. The van der Waals surface area contributed by atoms with E-state index in [9.17, 15) is 21.6 Å². The zero-order valence-electron chi connectivity index (χ0n) is 22.8. The summed E-state index contributed by atoms with van der Waals surface area (Å²) in [6.45, 7) is 5.17. The molecule has 0 spiro atoms. The Labute approximate surface area is 237 Å². The fraction of sp³-hybridized carbons (Fsp3) is 0.258. The van der Waals surface area contributed by atoms with E-state index < -0.39 is 31.9 Å². The summed E-state index contributed by atoms with van der Waals surface area (Å²) >= 11 is 0. The van der Waals surface area contributed by atoms with Crippen molar-refractivity contribution < 1.29 is 26.4 Å². The van der Waals surface area contributed by atoms with E-state index >= 15 is 0 Å². The second-order valence-corrected chi connectivity index (χ2v) is 13.0. The fourth-order valence-corrected chi connectivity index (χ4v) is 6.30. The molecule has 0 amide bonds. The number of nitrogens with zero attached hydrogens (tertiary/aromatic N) is 1. The van der Waals surface area contributed by atoms with Crippen molar-refractivity contribution in [2.45, 2.75) is 43.0 Å². The van der Waals surface area contributed by atoms with Crippen molar-refractivity contribution in [3.63, 3.8) is 0 Å². The van der Waals surface area contributed by atoms with Gasteiger partial charge in [0.15, 0.2) is 9.84 Å². The molecule has 0 saturated heterocycles. The van der Waals surface area contributed by atoms with Crippen LogP contribution in [0, 0.1) is 37.5 Å². The van der Waals surface area contributed by atoms with Gasteiger partial charge in [-0.15, -0.1) is 0 Å². The third-order valence-corrected chi connectivity index (χ3v) is 9.57. The smallest absolute Gasteiger partial charge is 0.323 e. The minimum atomic E-state index is -3.99. The number of aryl methyl sites for hydroxylation is 2. The quantitative estimate of drug-likeness (QED) is 0.295. The molecule has 3 aromatic rings. The maximum Gasteiger partial charge on any atom is 0.323 e. The first-order valence-electron chi connectivity index (χ1n) is 12.5. The molecule has 3 aromatic carbocycles. The molecule has 0 radical (unpaired) electrons. The summed E-state index contributed by atoms with van der Waals surface area (Å²) in [6, 6.07) is 19.0. The van der Waals surface area contributed by atoms with Crippen molar-refractivity contribution >= 4 is 25.8 Å². The van der Waals surface area contributed by atoms with Crippen LogP contribution in [0.2, 0.25) is 0 Å². The lowest BCUT2D eigenvalue weighted by atomic mass is 10.1. The zero-order valence-corrected chi connectivity index (χ0v) is 24.5. The number of sulfonamides is 1. The summed E-state index contributed by atoms with van der Waals surface area (Å²) in [5, 5.41) is 0. The fourth-order valence-electron chi connectivity index (χ4n) is 3.74. The first-order chi connectivity index (χ1) is 19.0. The topological polar surface area (TPSA) is 97.8 Å². The van der Waals surface area contributed by atoms with Crippen LogP contribution in [0.4, 0.5) is 0 Å². The number of benzene rings is 3. The van der Waals surface area contributed by atoms with Crippen LogP contribution in [-0.4, -0.2) is 52.6 Å². The third-order valence-electron chi connectivity index (χ3n) is 6.07. The lowest BCUT2D eigenvalue weighted by Gasteiger charge is -2.26. The van der Waals surface area contributed by atoms with Crippen molar-refractivity contribution in [1.82, 2.24) is 4.31 Å². The molecule has 0 fully saturated rings. The van der Waals surface area contributed by atoms with E-state index in [-0.39, 0.29) is 28.5 Å². The highest BCUT2D eigenvalue weighted by atomic mass is 32.2. The van der Waals surface area contributed by atoms with Crippen molar-refractivity contribution in [1.29, 1.82) is 0 Å². The first kappa shape index (κ1) is 30.6. The predicted octanol–water partition coefficient (Wildman–Crippen LogP) is 4.12. The molecule has 0 bridgehead atoms. The Morgan fingerprint density at radius 1 is 0.800 bits per heavy atom. The Morgan fingerprint density at radius 3 is 1.82 bits per heavy atom. The number of hydrogen-bond acceptors (Lipinski definition) is 6. The summed E-state index contributed by atoms with van der Waals surface area (Å²) in [5.41, 5.74) is 3.01. The van der Waals surface area contributed by atoms with Gasteiger partial charge in [0.1, 0.15) is 11.8 Å². The predicted molar refractivity (Wildman–Crippen MR) is 155 cm³/mol. The van der Waals surface area contributed by atoms with E-state index in [0.29, 0.717) is 11.1 Å². The molecule has 0 aromatic heterocycles. The van der Waals surface area contributed by atoms with Crippen molar-refractivity contribution in [3.8, 4) is 23.7 Å². The van der Waals surface area contributed by atoms with Crippen LogP contribution in [0.1, 0.15) is 35.6 Å². The van der Waals surface area contributed by atoms with Crippen molar-refractivity contribution in [2.75, 3.05) is 19.4 Å². The minimum Gasteiger partial charge on any atom is -0.468 e. The molecule has 9 heteroatoms. The van der Waals surface area contributed by atoms with E-state index in [1.165, 1.54) is 26.2 Å². The largest absolute Gasteiger partial charge is 0.468 e. The molecule has 0 saturated carbocycles. The first-order valence-corrected chi connectivity index (χ1v) is 15.6. The molecule has 0 aliphatic rings. The zero-order chi connectivity index (χ0) is 29.3. The summed E-state index contributed by atoms with van der Waals surface area (Å²) in [7, 11) is -6.34. The van der Waals surface area contributed by atoms with Crippen LogP contribution in [0.25, 0.3) is 0 Å². The molecular weight excluding hydrogens is 546 g/mol. The number of hydrogen-bond donors (Lipinski definition) is 0. The highest BCUT2D eigenvalue weighted by molar-refractivity contribution is 7.91. The molecule has 40 heavy (non-hydrogen) atoms. The van der Waals surface area contributed by atoms with Gasteiger partial charge >= 0.3 is 5.97 Å². The van der Waals surface area contributed by atoms with Gasteiger partial charge in [-0.3, -0.25) is 4.79 Å². The Bertz CT molecular complexity index is 1690. The summed E-state index contributed by atoms with van der Waals surface area (Å²) in [6.07, 6.45) is 0.135. The van der Waals surface area contributed by atoms with Gasteiger partial charge in [0.05, 0.1) is 16.9 Å². The number of carbonyl (C=O) groups is 1. The van der Waals surface area contributed by atoms with Gasteiger partial charge in [0.25, 0.3) is 0 Å². The average Bonchev–Trinajstić information content (AvgIpc) is 2.93. The molecule has 208 valence electrons. The number of carbonyl (C=O) groups excluding carboxylic acids is 1. The monoisotopic (exact) mass is 577 g/mol. The number of esters is 1. The van der Waals surface area contributed by atoms with E-state index in [4.69, 9.17) is 4.74 Å². The Hall–Kier alpha value is -3.89. The molecule has 0 N–H and O–H groups in total. The van der Waals surface area contributed by atoms with E-state index in [1.54, 1.807) is 60.7 Å². The molecule has 3 rings (SSSR count). The number of methoxy groups -OCH3 is 1. The van der Waals surface area contributed by atoms with E-state index in [0.717, 1.165) is 15.4 Å². The maximum absolute atomic E-state index is 13.3. The van der Waals surface area contributed by atoms with Crippen molar-refractivity contribution in [2.24, 2.45) is 0 Å². The van der Waals surface area contributed by atoms with Gasteiger partial charge in [0, 0.05) is 24.1 Å². The number of rotatable bonds is 8. The van der Waals surface area contributed by atoms with E-state index in [2.05, 4.69) is 23.7 Å². The van der Waals surface area contributed by atoms with Gasteiger partial charge in [-0.2, -0.15) is 4.31 Å². The Balaban J connectivity index is 1.78. The molecule has 7 nitrogen and oxygen atoms in total. The van der Waals surface area contributed by atoms with Gasteiger partial charge < -0.3 is 4.74 Å². The summed E-state index contributed by atoms with van der Waals surface area (Å²) in [5.74, 6) is 10.6. The molecule has 0 aliphatic heterocycles. The average molecular weight is 578 g/mol. The van der Waals surface area contributed by atoms with Crippen LogP contribution in [0.15, 0.2) is 82.6 Å². The maximum atomic E-state index is 13.3. The number of ether oxygens (including phenoxy) is 1. The summed E-state index contributed by atoms with van der Waals surface area (Å²) in [4.78, 5) is 12.5. The SMILES string of the molecule is COC(=O)[C@H](C)N(CCC#Cc1ccccc1C#CCS(=O)(=O)c1ccc(C)cc1)S(=O)(=O)c1ccc(C)cc1. The van der Waals surface area contributed by atoms with Crippen LogP contribution in [-0.2, 0) is 29.4 Å². The molecular formula is C31H31NO6S2. The van der Waals surface area contributed by atoms with E-state index in [1.807, 2.05) is 13.8 Å². The lowest BCUT2D eigenvalue weighted by molar-refractivity contribution is -0.144. The van der Waals surface area contributed by atoms with Gasteiger partial charge in [-0.05, 0) is 57.2 Å². The lowest BCUT2D eigenvalue weighted by Crippen LogP contribution is -2.44. The number of sulfone groups is 1. The summed E-state index contributed by atoms with van der Waals surface area (Å²) < 4.78 is 57.8. The third kappa shape index (κ3) is 7.83. The Morgan fingerprint density at radius 2 is 1.30 bits per heavy atom. The van der Waals surface area contributed by atoms with Gasteiger partial charge in [-0.25, -0.2) is 16.8 Å². The van der Waals surface area contributed by atoms with Crippen LogP contribution >= 0.6 is 0 Å². The molecule has 0 heterocycles. The normalized spacial score (nSPS) is 12.0. The van der Waals surface area contributed by atoms with Crippen LogP contribution in [0.3, 0.4) is 0 Å².